The second kappa shape index (κ2) is 10.6. The first kappa shape index (κ1) is 23.0. The first-order valence-corrected chi connectivity index (χ1v) is 11.9. The number of hydrogen-bond acceptors (Lipinski definition) is 7. The minimum absolute atomic E-state index is 0.170. The van der Waals surface area contributed by atoms with Crippen LogP contribution in [0.15, 0.2) is 22.7 Å². The van der Waals surface area contributed by atoms with Crippen LogP contribution in [-0.2, 0) is 6.54 Å². The maximum atomic E-state index is 14.5. The Kier molecular flexibility index (Phi) is 7.63. The monoisotopic (exact) mass is 445 g/mol. The molecule has 0 unspecified atom stereocenters. The zero-order valence-electron chi connectivity index (χ0n) is 19.6. The molecular weight excluding hydrogens is 409 g/mol. The summed E-state index contributed by atoms with van der Waals surface area (Å²) in [5.41, 5.74) is 0.755. The average molecular weight is 446 g/mol. The average Bonchev–Trinajstić information content (AvgIpc) is 3.48. The van der Waals surface area contributed by atoms with Crippen molar-refractivity contribution in [2.24, 2.45) is 0 Å². The van der Waals surface area contributed by atoms with Gasteiger partial charge in [0.05, 0.1) is 0 Å². The zero-order valence-corrected chi connectivity index (χ0v) is 19.6. The summed E-state index contributed by atoms with van der Waals surface area (Å²) in [5, 5.41) is 4.07. The molecule has 32 heavy (non-hydrogen) atoms. The van der Waals surface area contributed by atoms with Gasteiger partial charge >= 0.3 is 6.01 Å². The molecular formula is C24H36FN5O2. The van der Waals surface area contributed by atoms with Crippen LogP contribution in [-0.4, -0.2) is 72.4 Å². The highest BCUT2D eigenvalue weighted by Gasteiger charge is 2.25. The summed E-state index contributed by atoms with van der Waals surface area (Å²) in [6.07, 6.45) is 4.50. The van der Waals surface area contributed by atoms with Gasteiger partial charge in [0.15, 0.2) is 5.82 Å². The summed E-state index contributed by atoms with van der Waals surface area (Å²) >= 11 is 0. The molecule has 0 N–H and O–H groups in total. The lowest BCUT2D eigenvalue weighted by molar-refractivity contribution is 0.169. The van der Waals surface area contributed by atoms with Gasteiger partial charge in [-0.3, -0.25) is 9.80 Å². The molecule has 0 atom stereocenters. The molecule has 1 aromatic heterocycles. The molecule has 0 amide bonds. The third kappa shape index (κ3) is 5.78. The molecule has 3 heterocycles. The smallest absolute Gasteiger partial charge is 0.324 e. The molecule has 0 aliphatic carbocycles. The topological polar surface area (TPSA) is 57.9 Å². The van der Waals surface area contributed by atoms with Gasteiger partial charge in [0.1, 0.15) is 18.2 Å². The molecule has 0 bridgehead atoms. The summed E-state index contributed by atoms with van der Waals surface area (Å²) in [6.45, 7) is 10.1. The number of halogens is 1. The minimum Gasteiger partial charge on any atom is -0.492 e. The van der Waals surface area contributed by atoms with E-state index in [9.17, 15) is 4.39 Å². The highest BCUT2D eigenvalue weighted by molar-refractivity contribution is 5.29. The van der Waals surface area contributed by atoms with E-state index in [1.54, 1.807) is 0 Å². The van der Waals surface area contributed by atoms with Crippen molar-refractivity contribution in [3.8, 4) is 5.75 Å². The number of ether oxygens (including phenoxy) is 1. The maximum absolute atomic E-state index is 14.5. The highest BCUT2D eigenvalue weighted by atomic mass is 19.1. The largest absolute Gasteiger partial charge is 0.492 e. The quantitative estimate of drug-likeness (QED) is 0.580. The van der Waals surface area contributed by atoms with E-state index in [-0.39, 0.29) is 11.7 Å². The van der Waals surface area contributed by atoms with Crippen LogP contribution >= 0.6 is 0 Å². The van der Waals surface area contributed by atoms with E-state index in [1.165, 1.54) is 18.9 Å². The Morgan fingerprint density at radius 3 is 2.59 bits per heavy atom. The molecule has 0 saturated carbocycles. The molecule has 2 fully saturated rings. The minimum atomic E-state index is -0.170. The standard InChI is InChI=1S/C24H36FN5O2/c1-18(2)23-26-24(32-27-23)30-12-8-20(9-13-30)28(3)14-15-31-21-7-6-19(22(25)16-21)17-29-10-4-5-11-29/h6-7,16,18,20H,4-5,8-15,17H2,1-3H3. The summed E-state index contributed by atoms with van der Waals surface area (Å²) < 4.78 is 25.7. The van der Waals surface area contributed by atoms with Crippen molar-refractivity contribution in [1.82, 2.24) is 19.9 Å². The van der Waals surface area contributed by atoms with Crippen molar-refractivity contribution in [2.75, 3.05) is 51.3 Å². The lowest BCUT2D eigenvalue weighted by Crippen LogP contribution is -2.44. The first-order chi connectivity index (χ1) is 15.5. The van der Waals surface area contributed by atoms with Crippen molar-refractivity contribution in [2.45, 2.75) is 58.0 Å². The van der Waals surface area contributed by atoms with E-state index >= 15 is 0 Å². The molecule has 0 radical (unpaired) electrons. The van der Waals surface area contributed by atoms with Gasteiger partial charge in [-0.15, -0.1) is 0 Å². The Hall–Kier alpha value is -2.19. The fourth-order valence-corrected chi connectivity index (χ4v) is 4.51. The first-order valence-electron chi connectivity index (χ1n) is 11.9. The van der Waals surface area contributed by atoms with Crippen LogP contribution in [0, 0.1) is 5.82 Å². The Morgan fingerprint density at radius 1 is 1.19 bits per heavy atom. The predicted octanol–water partition coefficient (Wildman–Crippen LogP) is 3.91. The second-order valence-corrected chi connectivity index (χ2v) is 9.37. The molecule has 8 heteroatoms. The normalized spacial score (nSPS) is 18.2. The fourth-order valence-electron chi connectivity index (χ4n) is 4.51. The molecule has 7 nitrogen and oxygen atoms in total. The number of benzene rings is 1. The van der Waals surface area contributed by atoms with Gasteiger partial charge < -0.3 is 14.2 Å². The highest BCUT2D eigenvalue weighted by Crippen LogP contribution is 2.23. The molecule has 0 spiro atoms. The molecule has 2 aliphatic rings. The van der Waals surface area contributed by atoms with Gasteiger partial charge in [0, 0.05) is 49.8 Å². The van der Waals surface area contributed by atoms with Crippen LogP contribution in [0.4, 0.5) is 10.4 Å². The number of nitrogens with zero attached hydrogens (tertiary/aromatic N) is 5. The number of likely N-dealkylation sites (tertiary alicyclic amines) is 1. The van der Waals surface area contributed by atoms with Crippen LogP contribution in [0.3, 0.4) is 0 Å². The van der Waals surface area contributed by atoms with E-state index in [0.717, 1.165) is 57.0 Å². The van der Waals surface area contributed by atoms with E-state index in [4.69, 9.17) is 9.26 Å². The van der Waals surface area contributed by atoms with Crippen molar-refractivity contribution in [3.05, 3.63) is 35.4 Å². The molecule has 4 rings (SSSR count). The second-order valence-electron chi connectivity index (χ2n) is 9.37. The predicted molar refractivity (Wildman–Crippen MR) is 123 cm³/mol. The van der Waals surface area contributed by atoms with Gasteiger partial charge in [0.2, 0.25) is 0 Å². The Labute approximate surface area is 190 Å². The van der Waals surface area contributed by atoms with Crippen molar-refractivity contribution < 1.29 is 13.7 Å². The van der Waals surface area contributed by atoms with E-state index in [1.807, 2.05) is 12.1 Å². The van der Waals surface area contributed by atoms with Gasteiger partial charge in [-0.2, -0.15) is 4.98 Å². The van der Waals surface area contributed by atoms with Crippen molar-refractivity contribution >= 4 is 6.01 Å². The number of likely N-dealkylation sites (N-methyl/N-ethyl adjacent to an activating group) is 1. The van der Waals surface area contributed by atoms with E-state index < -0.39 is 0 Å². The van der Waals surface area contributed by atoms with Crippen LogP contribution in [0.25, 0.3) is 0 Å². The van der Waals surface area contributed by atoms with Crippen LogP contribution in [0.5, 0.6) is 5.75 Å². The number of piperidine rings is 1. The molecule has 2 aromatic rings. The molecule has 176 valence electrons. The van der Waals surface area contributed by atoms with Crippen LogP contribution in [0.1, 0.15) is 56.8 Å². The molecule has 2 aliphatic heterocycles. The SMILES string of the molecule is CC(C)c1noc(N2CCC(N(C)CCOc3ccc(CN4CCCC4)c(F)c3)CC2)n1. The van der Waals surface area contributed by atoms with Gasteiger partial charge in [-0.25, -0.2) is 4.39 Å². The molecule has 2 saturated heterocycles. The van der Waals surface area contributed by atoms with Gasteiger partial charge in [0.25, 0.3) is 0 Å². The Balaban J connectivity index is 1.19. The van der Waals surface area contributed by atoms with Crippen LogP contribution < -0.4 is 9.64 Å². The van der Waals surface area contributed by atoms with E-state index in [0.29, 0.717) is 31.0 Å². The Morgan fingerprint density at radius 2 is 1.94 bits per heavy atom. The third-order valence-corrected chi connectivity index (χ3v) is 6.64. The summed E-state index contributed by atoms with van der Waals surface area (Å²) in [6, 6.07) is 6.41. The van der Waals surface area contributed by atoms with Gasteiger partial charge in [-0.1, -0.05) is 25.1 Å². The van der Waals surface area contributed by atoms with Crippen molar-refractivity contribution in [3.63, 3.8) is 0 Å². The third-order valence-electron chi connectivity index (χ3n) is 6.64. The van der Waals surface area contributed by atoms with Crippen LogP contribution in [0.2, 0.25) is 0 Å². The molecule has 1 aromatic carbocycles. The summed E-state index contributed by atoms with van der Waals surface area (Å²) in [5.74, 6) is 1.47. The summed E-state index contributed by atoms with van der Waals surface area (Å²) in [4.78, 5) is 11.3. The Bertz CT molecular complexity index is 860. The van der Waals surface area contributed by atoms with Crippen molar-refractivity contribution in [1.29, 1.82) is 0 Å². The van der Waals surface area contributed by atoms with E-state index in [2.05, 4.69) is 45.7 Å². The lowest BCUT2D eigenvalue weighted by atomic mass is 10.0. The number of hydrogen-bond donors (Lipinski definition) is 0. The fraction of sp³-hybridized carbons (Fsp3) is 0.667. The number of rotatable bonds is 9. The zero-order chi connectivity index (χ0) is 22.5. The lowest BCUT2D eigenvalue weighted by Gasteiger charge is -2.35. The number of aromatic nitrogens is 2. The number of anilines is 1. The van der Waals surface area contributed by atoms with Gasteiger partial charge in [-0.05, 0) is 51.9 Å². The maximum Gasteiger partial charge on any atom is 0.324 e. The summed E-state index contributed by atoms with van der Waals surface area (Å²) in [7, 11) is 2.13.